The average molecular weight is 324 g/mol. The van der Waals surface area contributed by atoms with E-state index in [2.05, 4.69) is 88.1 Å². The number of para-hydroxylation sites is 1. The van der Waals surface area contributed by atoms with Gasteiger partial charge in [-0.2, -0.15) is 0 Å². The monoisotopic (exact) mass is 323 g/mol. The minimum atomic E-state index is 0.833. The zero-order valence-corrected chi connectivity index (χ0v) is 16.4. The number of H-pyrrole nitrogens is 1. The summed E-state index contributed by atoms with van der Waals surface area (Å²) >= 11 is 0. The quantitative estimate of drug-likeness (QED) is 0.506. The van der Waals surface area contributed by atoms with Gasteiger partial charge in [-0.05, 0) is 30.9 Å². The number of aromatic amines is 1. The Labute approximate surface area is 148 Å². The van der Waals surface area contributed by atoms with E-state index in [1.54, 1.807) is 0 Å². The topological polar surface area (TPSA) is 15.8 Å². The fraction of sp³-hybridized carbons (Fsp3) is 0.391. The molecule has 0 unspecified atom stereocenters. The van der Waals surface area contributed by atoms with Crippen molar-refractivity contribution in [3.8, 4) is 11.1 Å². The van der Waals surface area contributed by atoms with Gasteiger partial charge in [0.1, 0.15) is 0 Å². The van der Waals surface area contributed by atoms with Crippen molar-refractivity contribution in [1.29, 1.82) is 0 Å². The van der Waals surface area contributed by atoms with Crippen LogP contribution in [0.25, 0.3) is 22.0 Å². The zero-order chi connectivity index (χ0) is 18.1. The van der Waals surface area contributed by atoms with Crippen LogP contribution in [0.15, 0.2) is 48.5 Å². The van der Waals surface area contributed by atoms with Gasteiger partial charge in [-0.25, -0.2) is 0 Å². The molecule has 3 aromatic rings. The van der Waals surface area contributed by atoms with E-state index >= 15 is 0 Å². The summed E-state index contributed by atoms with van der Waals surface area (Å²) in [6, 6.07) is 17.3. The summed E-state index contributed by atoms with van der Waals surface area (Å²) in [5.74, 6) is 0.833. The standard InChI is InChI=1S/C17H17N.C4H10.C2H6/c1-3-15-17(13-10-8-12(2)9-11-13)14-6-4-5-7-16(14)18-15;1-4(2)3;1-2/h4-11,18H,3H2,1-2H3;4H,1-3H3;1-2H3. The number of nitrogens with one attached hydrogen (secondary N) is 1. The first kappa shape index (κ1) is 20.0. The minimum Gasteiger partial charge on any atom is -0.358 e. The van der Waals surface area contributed by atoms with Crippen molar-refractivity contribution in [1.82, 2.24) is 4.98 Å². The molecule has 0 radical (unpaired) electrons. The molecule has 0 atom stereocenters. The van der Waals surface area contributed by atoms with E-state index in [4.69, 9.17) is 0 Å². The molecule has 0 amide bonds. The molecule has 0 saturated heterocycles. The molecule has 1 N–H and O–H groups in total. The summed E-state index contributed by atoms with van der Waals surface area (Å²) in [6.07, 6.45) is 1.03. The molecule has 0 fully saturated rings. The summed E-state index contributed by atoms with van der Waals surface area (Å²) in [5, 5.41) is 1.32. The number of fused-ring (bicyclic) bond motifs is 1. The number of rotatable bonds is 2. The van der Waals surface area contributed by atoms with Crippen molar-refractivity contribution < 1.29 is 0 Å². The van der Waals surface area contributed by atoms with Gasteiger partial charge >= 0.3 is 0 Å². The molecule has 0 bridgehead atoms. The predicted octanol–water partition coefficient (Wildman–Crippen LogP) is 7.39. The molecule has 1 heteroatoms. The van der Waals surface area contributed by atoms with Crippen LogP contribution < -0.4 is 0 Å². The van der Waals surface area contributed by atoms with Gasteiger partial charge < -0.3 is 4.98 Å². The largest absolute Gasteiger partial charge is 0.358 e. The Balaban J connectivity index is 0.000000423. The van der Waals surface area contributed by atoms with Crippen molar-refractivity contribution >= 4 is 10.9 Å². The lowest BCUT2D eigenvalue weighted by molar-refractivity contribution is 0.737. The Morgan fingerprint density at radius 3 is 1.96 bits per heavy atom. The Morgan fingerprint density at radius 1 is 0.875 bits per heavy atom. The maximum Gasteiger partial charge on any atom is 0.0462 e. The first-order valence-electron chi connectivity index (χ1n) is 9.19. The van der Waals surface area contributed by atoms with E-state index in [0.29, 0.717) is 0 Å². The van der Waals surface area contributed by atoms with Crippen molar-refractivity contribution in [2.75, 3.05) is 0 Å². The zero-order valence-electron chi connectivity index (χ0n) is 16.4. The Morgan fingerprint density at radius 2 is 1.42 bits per heavy atom. The van der Waals surface area contributed by atoms with E-state index in [0.717, 1.165) is 12.3 Å². The molecule has 1 heterocycles. The lowest BCUT2D eigenvalue weighted by Crippen LogP contribution is -1.85. The maximum absolute atomic E-state index is 3.53. The normalized spacial score (nSPS) is 10.0. The molecule has 0 saturated carbocycles. The molecule has 0 aliphatic rings. The van der Waals surface area contributed by atoms with Gasteiger partial charge in [-0.15, -0.1) is 0 Å². The van der Waals surface area contributed by atoms with Crippen LogP contribution in [0, 0.1) is 12.8 Å². The average Bonchev–Trinajstić information content (AvgIpc) is 2.95. The summed E-state index contributed by atoms with van der Waals surface area (Å²) in [6.45, 7) is 14.8. The third-order valence-electron chi connectivity index (χ3n) is 3.48. The molecular formula is C23H33N. The van der Waals surface area contributed by atoms with E-state index in [-0.39, 0.29) is 0 Å². The molecule has 0 aliphatic carbocycles. The Hall–Kier alpha value is -2.02. The van der Waals surface area contributed by atoms with Gasteiger partial charge in [0.15, 0.2) is 0 Å². The van der Waals surface area contributed by atoms with Crippen LogP contribution in [0.2, 0.25) is 0 Å². The highest BCUT2D eigenvalue weighted by molar-refractivity contribution is 5.97. The highest BCUT2D eigenvalue weighted by atomic mass is 14.7. The molecule has 1 aromatic heterocycles. The van der Waals surface area contributed by atoms with Crippen LogP contribution in [0.1, 0.15) is 52.8 Å². The van der Waals surface area contributed by atoms with Gasteiger partial charge in [0.2, 0.25) is 0 Å². The third-order valence-corrected chi connectivity index (χ3v) is 3.48. The van der Waals surface area contributed by atoms with E-state index in [9.17, 15) is 0 Å². The Bertz CT molecular complexity index is 715. The van der Waals surface area contributed by atoms with Crippen molar-refractivity contribution in [3.05, 3.63) is 59.8 Å². The predicted molar refractivity (Wildman–Crippen MR) is 110 cm³/mol. The lowest BCUT2D eigenvalue weighted by atomic mass is 10.00. The summed E-state index contributed by atoms with van der Waals surface area (Å²) in [4.78, 5) is 3.53. The minimum absolute atomic E-state index is 0.833. The van der Waals surface area contributed by atoms with Gasteiger partial charge in [0, 0.05) is 22.2 Å². The van der Waals surface area contributed by atoms with Crippen molar-refractivity contribution in [2.45, 2.75) is 54.9 Å². The van der Waals surface area contributed by atoms with Crippen molar-refractivity contribution in [2.24, 2.45) is 5.92 Å². The number of aryl methyl sites for hydroxylation is 2. The van der Waals surface area contributed by atoms with Crippen LogP contribution in [0.4, 0.5) is 0 Å². The van der Waals surface area contributed by atoms with Crippen LogP contribution in [-0.2, 0) is 6.42 Å². The summed E-state index contributed by atoms with van der Waals surface area (Å²) < 4.78 is 0. The molecule has 3 rings (SSSR count). The van der Waals surface area contributed by atoms with Crippen LogP contribution in [0.5, 0.6) is 0 Å². The molecular weight excluding hydrogens is 290 g/mol. The van der Waals surface area contributed by atoms with Gasteiger partial charge in [-0.1, -0.05) is 89.6 Å². The smallest absolute Gasteiger partial charge is 0.0462 e. The first-order valence-corrected chi connectivity index (χ1v) is 9.19. The third kappa shape index (κ3) is 5.26. The van der Waals surface area contributed by atoms with Crippen molar-refractivity contribution in [3.63, 3.8) is 0 Å². The lowest BCUT2D eigenvalue weighted by Gasteiger charge is -2.04. The molecule has 0 spiro atoms. The van der Waals surface area contributed by atoms with E-state index in [1.807, 2.05) is 13.8 Å². The number of aromatic nitrogens is 1. The molecule has 0 aliphatic heterocycles. The van der Waals surface area contributed by atoms with Crippen LogP contribution in [0.3, 0.4) is 0 Å². The number of hydrogen-bond acceptors (Lipinski definition) is 0. The van der Waals surface area contributed by atoms with Gasteiger partial charge in [0.05, 0.1) is 0 Å². The maximum atomic E-state index is 3.53. The summed E-state index contributed by atoms with van der Waals surface area (Å²) in [7, 11) is 0. The number of benzene rings is 2. The first-order chi connectivity index (χ1) is 11.5. The second-order valence-corrected chi connectivity index (χ2v) is 6.48. The summed E-state index contributed by atoms with van der Waals surface area (Å²) in [5.41, 5.74) is 6.50. The second kappa shape index (κ2) is 9.97. The van der Waals surface area contributed by atoms with E-state index in [1.165, 1.54) is 33.3 Å². The molecule has 1 nitrogen and oxygen atoms in total. The SMILES string of the molecule is CC.CC(C)C.CCc1[nH]c2ccccc2c1-c1ccc(C)cc1. The van der Waals surface area contributed by atoms with Crippen LogP contribution >= 0.6 is 0 Å². The van der Waals surface area contributed by atoms with Gasteiger partial charge in [-0.3, -0.25) is 0 Å². The van der Waals surface area contributed by atoms with Crippen LogP contribution in [-0.4, -0.2) is 4.98 Å². The highest BCUT2D eigenvalue weighted by Gasteiger charge is 2.11. The molecule has 2 aromatic carbocycles. The fourth-order valence-electron chi connectivity index (χ4n) is 2.51. The second-order valence-electron chi connectivity index (χ2n) is 6.48. The highest BCUT2D eigenvalue weighted by Crippen LogP contribution is 2.32. The Kier molecular flexibility index (Phi) is 8.32. The molecule has 130 valence electrons. The van der Waals surface area contributed by atoms with Gasteiger partial charge in [0.25, 0.3) is 0 Å². The van der Waals surface area contributed by atoms with E-state index < -0.39 is 0 Å². The number of hydrogen-bond donors (Lipinski definition) is 1. The fourth-order valence-corrected chi connectivity index (χ4v) is 2.51. The molecule has 24 heavy (non-hydrogen) atoms.